The Bertz CT molecular complexity index is 839. The number of nitrogens with zero attached hydrogens (tertiary/aromatic N) is 4. The number of urea groups is 1. The zero-order valence-electron chi connectivity index (χ0n) is 17.9. The number of nitrogens with one attached hydrogen (secondary N) is 1. The number of hydrogen-bond acceptors (Lipinski definition) is 4. The SMILES string of the molecule is O=C(NC1CCN(C(=O)N2C[C@H]3C[C@H](C2)[C@H]2CCCC(=O)N2C3)CC1)c1ccncc1. The number of amides is 4. The van der Waals surface area contributed by atoms with Crippen molar-refractivity contribution in [2.45, 2.75) is 50.6 Å². The van der Waals surface area contributed by atoms with E-state index in [2.05, 4.69) is 15.2 Å². The van der Waals surface area contributed by atoms with Crippen molar-refractivity contribution in [2.75, 3.05) is 32.7 Å². The molecule has 166 valence electrons. The molecule has 0 spiro atoms. The number of pyridine rings is 1. The summed E-state index contributed by atoms with van der Waals surface area (Å²) in [7, 11) is 0. The van der Waals surface area contributed by atoms with E-state index in [0.29, 0.717) is 48.9 Å². The summed E-state index contributed by atoms with van der Waals surface area (Å²) >= 11 is 0. The lowest BCUT2D eigenvalue weighted by Gasteiger charge is -2.53. The van der Waals surface area contributed by atoms with Gasteiger partial charge in [-0.15, -0.1) is 0 Å². The first kappa shape index (κ1) is 20.3. The highest BCUT2D eigenvalue weighted by atomic mass is 16.2. The van der Waals surface area contributed by atoms with Crippen LogP contribution in [-0.4, -0.2) is 82.3 Å². The standard InChI is InChI=1S/C23H31N5O3/c29-21-3-1-2-20-18-12-16(14-28(20)21)13-27(15-18)23(31)26-10-6-19(7-11-26)25-22(30)17-4-8-24-9-5-17/h4-5,8-9,16,18-20H,1-3,6-7,10-15H2,(H,25,30)/t16-,18-,20-/m1/s1. The minimum Gasteiger partial charge on any atom is -0.349 e. The van der Waals surface area contributed by atoms with Gasteiger partial charge in [0.25, 0.3) is 5.91 Å². The van der Waals surface area contributed by atoms with Crippen molar-refractivity contribution in [3.63, 3.8) is 0 Å². The van der Waals surface area contributed by atoms with Crippen LogP contribution in [-0.2, 0) is 4.79 Å². The molecule has 4 aliphatic rings. The highest BCUT2D eigenvalue weighted by molar-refractivity contribution is 5.94. The summed E-state index contributed by atoms with van der Waals surface area (Å²) in [5.41, 5.74) is 0.614. The summed E-state index contributed by atoms with van der Waals surface area (Å²) < 4.78 is 0. The van der Waals surface area contributed by atoms with Crippen LogP contribution in [0.15, 0.2) is 24.5 Å². The van der Waals surface area contributed by atoms with Crippen LogP contribution in [0.25, 0.3) is 0 Å². The molecule has 4 aliphatic heterocycles. The molecule has 1 N–H and O–H groups in total. The predicted molar refractivity (Wildman–Crippen MR) is 114 cm³/mol. The lowest BCUT2D eigenvalue weighted by atomic mass is 9.76. The van der Waals surface area contributed by atoms with Gasteiger partial charge >= 0.3 is 6.03 Å². The first-order valence-electron chi connectivity index (χ1n) is 11.6. The number of carbonyl (C=O) groups excluding carboxylic acids is 3. The fourth-order valence-corrected chi connectivity index (χ4v) is 5.95. The third-order valence-corrected chi connectivity index (χ3v) is 7.49. The van der Waals surface area contributed by atoms with Crippen molar-refractivity contribution in [3.05, 3.63) is 30.1 Å². The largest absolute Gasteiger partial charge is 0.349 e. The number of rotatable bonds is 2. The van der Waals surface area contributed by atoms with Crippen LogP contribution >= 0.6 is 0 Å². The van der Waals surface area contributed by atoms with Crippen molar-refractivity contribution < 1.29 is 14.4 Å². The number of hydrogen-bond donors (Lipinski definition) is 1. The zero-order chi connectivity index (χ0) is 21.4. The van der Waals surface area contributed by atoms with E-state index in [1.165, 1.54) is 0 Å². The van der Waals surface area contributed by atoms with Crippen LogP contribution in [0, 0.1) is 11.8 Å². The number of aromatic nitrogens is 1. The molecule has 2 bridgehead atoms. The lowest BCUT2D eigenvalue weighted by molar-refractivity contribution is -0.144. The molecule has 4 fully saturated rings. The fraction of sp³-hybridized carbons (Fsp3) is 0.652. The minimum absolute atomic E-state index is 0.0809. The second kappa shape index (κ2) is 8.48. The van der Waals surface area contributed by atoms with Crippen molar-refractivity contribution in [1.82, 2.24) is 25.0 Å². The molecule has 5 rings (SSSR count). The van der Waals surface area contributed by atoms with E-state index in [0.717, 1.165) is 51.7 Å². The molecule has 8 nitrogen and oxygen atoms in total. The zero-order valence-corrected chi connectivity index (χ0v) is 17.9. The molecule has 1 aromatic heterocycles. The second-order valence-corrected chi connectivity index (χ2v) is 9.53. The maximum Gasteiger partial charge on any atom is 0.320 e. The normalized spacial score (nSPS) is 28.8. The van der Waals surface area contributed by atoms with Crippen LogP contribution in [0.4, 0.5) is 4.79 Å². The second-order valence-electron chi connectivity index (χ2n) is 9.53. The molecule has 0 saturated carbocycles. The van der Waals surface area contributed by atoms with E-state index >= 15 is 0 Å². The summed E-state index contributed by atoms with van der Waals surface area (Å²) in [6.45, 7) is 3.67. The Morgan fingerprint density at radius 2 is 1.77 bits per heavy atom. The Kier molecular flexibility index (Phi) is 5.54. The van der Waals surface area contributed by atoms with Gasteiger partial charge in [0, 0.05) is 69.2 Å². The van der Waals surface area contributed by atoms with Crippen molar-refractivity contribution >= 4 is 17.8 Å². The summed E-state index contributed by atoms with van der Waals surface area (Å²) in [4.78, 5) is 48.0. The molecule has 0 aliphatic carbocycles. The molecule has 0 aromatic carbocycles. The van der Waals surface area contributed by atoms with E-state index in [1.54, 1.807) is 24.5 Å². The highest BCUT2D eigenvalue weighted by Crippen LogP contribution is 2.38. The molecule has 3 atom stereocenters. The maximum atomic E-state index is 13.2. The molecule has 0 unspecified atom stereocenters. The number of carbonyl (C=O) groups is 3. The molecule has 8 heteroatoms. The Hall–Kier alpha value is -2.64. The average molecular weight is 426 g/mol. The average Bonchev–Trinajstić information content (AvgIpc) is 2.80. The minimum atomic E-state index is -0.0809. The number of piperidine rings is 4. The Labute approximate surface area is 183 Å². The van der Waals surface area contributed by atoms with Gasteiger partial charge in [0.1, 0.15) is 0 Å². The van der Waals surface area contributed by atoms with Crippen LogP contribution in [0.1, 0.15) is 48.9 Å². The van der Waals surface area contributed by atoms with Crippen LogP contribution in [0.5, 0.6) is 0 Å². The van der Waals surface area contributed by atoms with Crippen molar-refractivity contribution in [3.8, 4) is 0 Å². The molecule has 31 heavy (non-hydrogen) atoms. The first-order valence-corrected chi connectivity index (χ1v) is 11.6. The molecule has 1 aromatic rings. The third kappa shape index (κ3) is 4.12. The van der Waals surface area contributed by atoms with Gasteiger partial charge in [0.2, 0.25) is 5.91 Å². The van der Waals surface area contributed by atoms with Gasteiger partial charge in [-0.05, 0) is 56.1 Å². The summed E-state index contributed by atoms with van der Waals surface area (Å²) in [5, 5.41) is 3.09. The van der Waals surface area contributed by atoms with E-state index in [-0.39, 0.29) is 18.0 Å². The highest BCUT2D eigenvalue weighted by Gasteiger charge is 2.45. The van der Waals surface area contributed by atoms with Gasteiger partial charge in [-0.25, -0.2) is 4.79 Å². The van der Waals surface area contributed by atoms with Gasteiger partial charge < -0.3 is 20.0 Å². The van der Waals surface area contributed by atoms with E-state index in [1.807, 2.05) is 9.80 Å². The molecule has 4 amide bonds. The summed E-state index contributed by atoms with van der Waals surface area (Å²) in [5.74, 6) is 1.04. The topological polar surface area (TPSA) is 85.8 Å². The number of likely N-dealkylation sites (tertiary alicyclic amines) is 2. The predicted octanol–water partition coefficient (Wildman–Crippen LogP) is 1.73. The molecular formula is C23H31N5O3. The third-order valence-electron chi connectivity index (χ3n) is 7.49. The lowest BCUT2D eigenvalue weighted by Crippen LogP contribution is -2.62. The Morgan fingerprint density at radius 1 is 1.00 bits per heavy atom. The Balaban J connectivity index is 1.14. The molecule has 5 heterocycles. The van der Waals surface area contributed by atoms with Crippen LogP contribution < -0.4 is 5.32 Å². The van der Waals surface area contributed by atoms with Crippen LogP contribution in [0.2, 0.25) is 0 Å². The summed E-state index contributed by atoms with van der Waals surface area (Å²) in [6, 6.07) is 3.96. The van der Waals surface area contributed by atoms with Gasteiger partial charge in [0.05, 0.1) is 0 Å². The molecule has 4 saturated heterocycles. The maximum absolute atomic E-state index is 13.2. The van der Waals surface area contributed by atoms with Gasteiger partial charge in [-0.2, -0.15) is 0 Å². The van der Waals surface area contributed by atoms with Crippen LogP contribution in [0.3, 0.4) is 0 Å². The van der Waals surface area contributed by atoms with E-state index < -0.39 is 0 Å². The molecular weight excluding hydrogens is 394 g/mol. The Morgan fingerprint density at radius 3 is 2.55 bits per heavy atom. The van der Waals surface area contributed by atoms with Crippen molar-refractivity contribution in [2.24, 2.45) is 11.8 Å². The molecule has 0 radical (unpaired) electrons. The quantitative estimate of drug-likeness (QED) is 0.782. The first-order chi connectivity index (χ1) is 15.1. The van der Waals surface area contributed by atoms with Gasteiger partial charge in [-0.1, -0.05) is 0 Å². The summed E-state index contributed by atoms with van der Waals surface area (Å²) in [6.07, 6.45) is 8.66. The number of fused-ring (bicyclic) bond motifs is 4. The van der Waals surface area contributed by atoms with Gasteiger partial charge in [-0.3, -0.25) is 14.6 Å². The monoisotopic (exact) mass is 425 g/mol. The van der Waals surface area contributed by atoms with E-state index in [9.17, 15) is 14.4 Å². The van der Waals surface area contributed by atoms with E-state index in [4.69, 9.17) is 0 Å². The smallest absolute Gasteiger partial charge is 0.320 e. The van der Waals surface area contributed by atoms with Gasteiger partial charge in [0.15, 0.2) is 0 Å². The van der Waals surface area contributed by atoms with Crippen molar-refractivity contribution in [1.29, 1.82) is 0 Å². The fourth-order valence-electron chi connectivity index (χ4n) is 5.95.